The van der Waals surface area contributed by atoms with Gasteiger partial charge in [0.05, 0.1) is 6.04 Å². The Bertz CT molecular complexity index is 2050. The molecule has 1 aliphatic carbocycles. The number of rotatable bonds is 14. The fourth-order valence-electron chi connectivity index (χ4n) is 8.03. The Kier molecular flexibility index (Phi) is 10.5. The number of anilines is 1. The molecule has 0 bridgehead atoms. The van der Waals surface area contributed by atoms with E-state index in [9.17, 15) is 0 Å². The van der Waals surface area contributed by atoms with Crippen molar-refractivity contribution in [3.63, 3.8) is 0 Å². The van der Waals surface area contributed by atoms with Gasteiger partial charge < -0.3 is 9.47 Å². The summed E-state index contributed by atoms with van der Waals surface area (Å²) in [4.78, 5) is 2.48. The van der Waals surface area contributed by atoms with Crippen LogP contribution in [0.5, 0.6) is 0 Å². The summed E-state index contributed by atoms with van der Waals surface area (Å²) in [6.45, 7) is 4.54. The van der Waals surface area contributed by atoms with Gasteiger partial charge in [-0.05, 0) is 82.8 Å². The zero-order valence-electron chi connectivity index (χ0n) is 30.7. The maximum atomic E-state index is 2.48. The highest BCUT2D eigenvalue weighted by atomic mass is 15.2. The van der Waals surface area contributed by atoms with E-state index in [0.29, 0.717) is 12.0 Å². The van der Waals surface area contributed by atoms with Gasteiger partial charge in [0.2, 0.25) is 0 Å². The molecule has 0 saturated carbocycles. The highest BCUT2D eigenvalue weighted by Gasteiger charge is 2.36. The third-order valence-corrected chi connectivity index (χ3v) is 11.1. The van der Waals surface area contributed by atoms with E-state index in [-0.39, 0.29) is 0 Å². The number of aromatic nitrogens is 1. The Morgan fingerprint density at radius 3 is 1.80 bits per heavy atom. The molecule has 50 heavy (non-hydrogen) atoms. The maximum absolute atomic E-state index is 2.48. The minimum Gasteiger partial charge on any atom is -0.367 e. The van der Waals surface area contributed by atoms with E-state index >= 15 is 0 Å². The minimum absolute atomic E-state index is 0.329. The van der Waals surface area contributed by atoms with Crippen molar-refractivity contribution >= 4 is 45.7 Å². The van der Waals surface area contributed by atoms with Crippen molar-refractivity contribution < 1.29 is 0 Å². The predicted molar refractivity (Wildman–Crippen MR) is 219 cm³/mol. The van der Waals surface area contributed by atoms with Gasteiger partial charge in [0.1, 0.15) is 0 Å². The molecule has 0 N–H and O–H groups in total. The fourth-order valence-corrected chi connectivity index (χ4v) is 8.03. The molecular weight excluding hydrogens is 605 g/mol. The molecule has 2 atom stereocenters. The van der Waals surface area contributed by atoms with Crippen molar-refractivity contribution in [2.24, 2.45) is 7.05 Å². The maximum Gasteiger partial charge on any atom is 0.0582 e. The zero-order chi connectivity index (χ0) is 34.5. The average molecular weight is 659 g/mol. The summed E-state index contributed by atoms with van der Waals surface area (Å²) in [5.41, 5.74) is 13.3. The van der Waals surface area contributed by atoms with E-state index in [2.05, 4.69) is 159 Å². The molecule has 0 fully saturated rings. The first-order chi connectivity index (χ1) is 24.5. The zero-order valence-corrected chi connectivity index (χ0v) is 30.7. The number of unbranched alkanes of at least 4 members (excludes halogenated alkanes) is 6. The molecule has 0 saturated heterocycles. The highest BCUT2D eigenvalue weighted by molar-refractivity contribution is 6.10. The van der Waals surface area contributed by atoms with Gasteiger partial charge >= 0.3 is 0 Å². The molecule has 2 heterocycles. The molecular formula is C48H54N2. The summed E-state index contributed by atoms with van der Waals surface area (Å²) < 4.78 is 2.38. The molecule has 256 valence electrons. The van der Waals surface area contributed by atoms with Crippen LogP contribution in [-0.2, 0) is 19.9 Å². The molecule has 4 aromatic carbocycles. The minimum atomic E-state index is 0.329. The number of fused-ring (bicyclic) bond motifs is 6. The van der Waals surface area contributed by atoms with Crippen LogP contribution < -0.4 is 4.90 Å². The van der Waals surface area contributed by atoms with Crippen LogP contribution in [0.15, 0.2) is 109 Å². The summed E-state index contributed by atoms with van der Waals surface area (Å²) in [5, 5.41) is 2.65. The molecule has 2 unspecified atom stereocenters. The van der Waals surface area contributed by atoms with Crippen LogP contribution in [0.3, 0.4) is 0 Å². The molecule has 2 aliphatic rings. The second kappa shape index (κ2) is 15.5. The van der Waals surface area contributed by atoms with E-state index in [4.69, 9.17) is 0 Å². The Morgan fingerprint density at radius 1 is 0.580 bits per heavy atom. The summed E-state index contributed by atoms with van der Waals surface area (Å²) in [6.07, 6.45) is 29.1. The first kappa shape index (κ1) is 33.9. The van der Waals surface area contributed by atoms with E-state index in [1.807, 2.05) is 0 Å². The van der Waals surface area contributed by atoms with Crippen molar-refractivity contribution in [1.82, 2.24) is 4.57 Å². The molecule has 7 rings (SSSR count). The second-order valence-electron chi connectivity index (χ2n) is 14.7. The van der Waals surface area contributed by atoms with Gasteiger partial charge in [-0.3, -0.25) is 0 Å². The number of aryl methyl sites for hydroxylation is 3. The van der Waals surface area contributed by atoms with Crippen LogP contribution in [0.2, 0.25) is 0 Å². The Hall–Kier alpha value is -4.56. The lowest BCUT2D eigenvalue weighted by molar-refractivity contribution is 0.667. The van der Waals surface area contributed by atoms with E-state index in [1.165, 1.54) is 131 Å². The van der Waals surface area contributed by atoms with Crippen molar-refractivity contribution in [3.8, 4) is 0 Å². The summed E-state index contributed by atoms with van der Waals surface area (Å²) >= 11 is 0. The van der Waals surface area contributed by atoms with Crippen LogP contribution in [0, 0.1) is 0 Å². The lowest BCUT2D eigenvalue weighted by Gasteiger charge is -2.25. The first-order valence-corrected chi connectivity index (χ1v) is 19.3. The number of allylic oxidation sites excluding steroid dienone is 3. The van der Waals surface area contributed by atoms with Gasteiger partial charge in [-0.1, -0.05) is 156 Å². The fraction of sp³-hybridized carbons (Fsp3) is 0.333. The van der Waals surface area contributed by atoms with Gasteiger partial charge in [-0.25, -0.2) is 0 Å². The third kappa shape index (κ3) is 7.31. The van der Waals surface area contributed by atoms with Gasteiger partial charge in [0.25, 0.3) is 0 Å². The normalized spacial score (nSPS) is 17.0. The quantitative estimate of drug-likeness (QED) is 0.0851. The van der Waals surface area contributed by atoms with Crippen LogP contribution in [0.4, 0.5) is 5.69 Å². The number of hydrogen-bond donors (Lipinski definition) is 0. The SMILES string of the molecule is CCCCCCc1ccc(/C=C/C2=CC3C(C=C2)c2cc4c(cc2N3C)c2ccc(/C=C/c3ccc(CCCCCC)cc3)cc2n4C)cc1. The molecule has 0 spiro atoms. The van der Waals surface area contributed by atoms with Crippen LogP contribution >= 0.6 is 0 Å². The third-order valence-electron chi connectivity index (χ3n) is 11.1. The molecule has 5 aromatic rings. The Labute approximate surface area is 300 Å². The lowest BCUT2D eigenvalue weighted by atomic mass is 9.88. The Morgan fingerprint density at radius 2 is 1.16 bits per heavy atom. The van der Waals surface area contributed by atoms with Gasteiger partial charge in [0.15, 0.2) is 0 Å². The topological polar surface area (TPSA) is 8.17 Å². The van der Waals surface area contributed by atoms with Crippen molar-refractivity contribution in [2.75, 3.05) is 11.9 Å². The predicted octanol–water partition coefficient (Wildman–Crippen LogP) is 12.9. The largest absolute Gasteiger partial charge is 0.367 e. The average Bonchev–Trinajstić information content (AvgIpc) is 3.58. The van der Waals surface area contributed by atoms with Crippen LogP contribution in [-0.4, -0.2) is 17.7 Å². The van der Waals surface area contributed by atoms with E-state index in [1.54, 1.807) is 0 Å². The van der Waals surface area contributed by atoms with Crippen molar-refractivity contribution in [1.29, 1.82) is 0 Å². The summed E-state index contributed by atoms with van der Waals surface area (Å²) in [6, 6.07) is 30.4. The first-order valence-electron chi connectivity index (χ1n) is 19.3. The molecule has 2 nitrogen and oxygen atoms in total. The van der Waals surface area contributed by atoms with Gasteiger partial charge in [-0.2, -0.15) is 0 Å². The van der Waals surface area contributed by atoms with E-state index < -0.39 is 0 Å². The number of hydrogen-bond acceptors (Lipinski definition) is 1. The number of benzene rings is 4. The lowest BCUT2D eigenvalue weighted by Crippen LogP contribution is -2.29. The number of nitrogens with zero attached hydrogens (tertiary/aromatic N) is 2. The summed E-state index contributed by atoms with van der Waals surface area (Å²) in [7, 11) is 4.48. The smallest absolute Gasteiger partial charge is 0.0582 e. The monoisotopic (exact) mass is 658 g/mol. The molecule has 1 aliphatic heterocycles. The van der Waals surface area contributed by atoms with Crippen LogP contribution in [0.25, 0.3) is 40.0 Å². The molecule has 1 aromatic heterocycles. The number of likely N-dealkylation sites (N-methyl/N-ethyl adjacent to an activating group) is 1. The van der Waals surface area contributed by atoms with Crippen LogP contribution in [0.1, 0.15) is 105 Å². The van der Waals surface area contributed by atoms with Crippen molar-refractivity contribution in [3.05, 3.63) is 142 Å². The summed E-state index contributed by atoms with van der Waals surface area (Å²) in [5.74, 6) is 0.364. The van der Waals surface area contributed by atoms with Gasteiger partial charge in [-0.15, -0.1) is 0 Å². The highest BCUT2D eigenvalue weighted by Crippen LogP contribution is 2.47. The van der Waals surface area contributed by atoms with Crippen molar-refractivity contribution in [2.45, 2.75) is 90.0 Å². The van der Waals surface area contributed by atoms with Gasteiger partial charge in [0, 0.05) is 47.5 Å². The second-order valence-corrected chi connectivity index (χ2v) is 14.7. The standard InChI is InChI=1S/C48H54N2/c1-5-7-9-11-13-35-15-19-37(20-16-35)23-25-39-27-29-41-43-33-48-44(34-47(43)49(3)45(41)31-39)42-30-28-40(32-46(42)50(48)4)26-24-38-21-17-36(18-22-38)14-12-10-8-6-2/h15-34,41,45H,5-14H2,1-4H3/b25-23+,26-24+. The molecule has 2 heteroatoms. The molecule has 0 radical (unpaired) electrons. The Balaban J connectivity index is 1.05. The molecule has 0 amide bonds. The van der Waals surface area contributed by atoms with E-state index in [0.717, 1.165) is 0 Å².